The first-order chi connectivity index (χ1) is 14.1. The summed E-state index contributed by atoms with van der Waals surface area (Å²) in [7, 11) is 1.80. The normalized spacial score (nSPS) is 13.9. The number of carbonyl (C=O) groups excluding carboxylic acids is 2. The fourth-order valence-electron chi connectivity index (χ4n) is 3.46. The third-order valence-electron chi connectivity index (χ3n) is 4.97. The molecule has 3 aromatic rings. The van der Waals surface area contributed by atoms with Crippen LogP contribution in [0.15, 0.2) is 90.6 Å². The first-order valence-corrected chi connectivity index (χ1v) is 9.64. The molecular formula is C24H19ClN2O2. The number of amides is 2. The van der Waals surface area contributed by atoms with Crippen molar-refractivity contribution in [2.45, 2.75) is 6.54 Å². The highest BCUT2D eigenvalue weighted by molar-refractivity contribution is 6.37. The van der Waals surface area contributed by atoms with Gasteiger partial charge in [0.1, 0.15) is 5.70 Å². The number of carbonyl (C=O) groups is 2. The first-order valence-electron chi connectivity index (χ1n) is 9.26. The predicted molar refractivity (Wildman–Crippen MR) is 115 cm³/mol. The van der Waals surface area contributed by atoms with E-state index in [0.717, 1.165) is 11.3 Å². The SMILES string of the molecule is CN(C1=C(c2ccccc2)C(=O)N(Cc2ccccc2Cl)C1=O)c1ccccc1. The van der Waals surface area contributed by atoms with Crippen molar-refractivity contribution in [2.24, 2.45) is 0 Å². The van der Waals surface area contributed by atoms with Gasteiger partial charge in [-0.15, -0.1) is 0 Å². The van der Waals surface area contributed by atoms with Gasteiger partial charge in [0.25, 0.3) is 11.8 Å². The van der Waals surface area contributed by atoms with Gasteiger partial charge >= 0.3 is 0 Å². The van der Waals surface area contributed by atoms with Crippen LogP contribution in [-0.4, -0.2) is 23.8 Å². The van der Waals surface area contributed by atoms with Crippen molar-refractivity contribution in [3.63, 3.8) is 0 Å². The standard InChI is InChI=1S/C24H19ClN2O2/c1-26(19-13-6-3-7-14-19)22-21(17-10-4-2-5-11-17)23(28)27(24(22)29)16-18-12-8-9-15-20(18)25/h2-15H,16H2,1H3. The van der Waals surface area contributed by atoms with E-state index in [0.29, 0.717) is 21.9 Å². The predicted octanol–water partition coefficient (Wildman–Crippen LogP) is 4.76. The summed E-state index contributed by atoms with van der Waals surface area (Å²) >= 11 is 6.27. The van der Waals surface area contributed by atoms with Crippen molar-refractivity contribution >= 4 is 34.7 Å². The maximum atomic E-state index is 13.4. The first kappa shape index (κ1) is 19.0. The number of hydrogen-bond donors (Lipinski definition) is 0. The van der Waals surface area contributed by atoms with Crippen LogP contribution in [0.1, 0.15) is 11.1 Å². The molecule has 2 amide bonds. The average Bonchev–Trinajstić information content (AvgIpc) is 3.00. The number of benzene rings is 3. The summed E-state index contributed by atoms with van der Waals surface area (Å²) in [6.07, 6.45) is 0. The Morgan fingerprint density at radius 3 is 2.03 bits per heavy atom. The molecule has 0 spiro atoms. The zero-order valence-electron chi connectivity index (χ0n) is 15.9. The van der Waals surface area contributed by atoms with Gasteiger partial charge in [0, 0.05) is 17.8 Å². The Balaban J connectivity index is 1.79. The lowest BCUT2D eigenvalue weighted by Crippen LogP contribution is -2.33. The van der Waals surface area contributed by atoms with Gasteiger partial charge in [0.15, 0.2) is 0 Å². The molecule has 1 heterocycles. The second-order valence-electron chi connectivity index (χ2n) is 6.77. The molecule has 0 aromatic heterocycles. The second-order valence-corrected chi connectivity index (χ2v) is 7.18. The monoisotopic (exact) mass is 402 g/mol. The lowest BCUT2D eigenvalue weighted by molar-refractivity contribution is -0.137. The fraction of sp³-hybridized carbons (Fsp3) is 0.0833. The molecule has 1 aliphatic rings. The van der Waals surface area contributed by atoms with Gasteiger partial charge in [-0.25, -0.2) is 0 Å². The zero-order valence-corrected chi connectivity index (χ0v) is 16.6. The summed E-state index contributed by atoms with van der Waals surface area (Å²) in [6.45, 7) is 0.125. The number of nitrogens with zero attached hydrogens (tertiary/aromatic N) is 2. The van der Waals surface area contributed by atoms with Crippen molar-refractivity contribution in [1.29, 1.82) is 0 Å². The Morgan fingerprint density at radius 1 is 0.793 bits per heavy atom. The zero-order chi connectivity index (χ0) is 20.4. The van der Waals surface area contributed by atoms with Crippen molar-refractivity contribution in [3.05, 3.63) is 107 Å². The molecule has 4 rings (SSSR count). The highest BCUT2D eigenvalue weighted by Crippen LogP contribution is 2.34. The van der Waals surface area contributed by atoms with Crippen LogP contribution in [0.4, 0.5) is 5.69 Å². The smallest absolute Gasteiger partial charge is 0.278 e. The van der Waals surface area contributed by atoms with Crippen LogP contribution in [0, 0.1) is 0 Å². The van der Waals surface area contributed by atoms with Gasteiger partial charge < -0.3 is 4.90 Å². The Morgan fingerprint density at radius 2 is 1.38 bits per heavy atom. The number of imide groups is 1. The molecule has 144 valence electrons. The van der Waals surface area contributed by atoms with Gasteiger partial charge in [-0.05, 0) is 29.3 Å². The van der Waals surface area contributed by atoms with Crippen LogP contribution in [0.3, 0.4) is 0 Å². The molecule has 4 nitrogen and oxygen atoms in total. The number of rotatable bonds is 5. The van der Waals surface area contributed by atoms with E-state index in [1.807, 2.05) is 78.9 Å². The van der Waals surface area contributed by atoms with E-state index in [9.17, 15) is 9.59 Å². The number of halogens is 1. The molecule has 0 radical (unpaired) electrons. The molecule has 0 fully saturated rings. The van der Waals surface area contributed by atoms with Crippen LogP contribution in [-0.2, 0) is 16.1 Å². The molecule has 5 heteroatoms. The lowest BCUT2D eigenvalue weighted by atomic mass is 10.0. The average molecular weight is 403 g/mol. The van der Waals surface area contributed by atoms with Gasteiger partial charge in [0.05, 0.1) is 12.1 Å². The lowest BCUT2D eigenvalue weighted by Gasteiger charge is -2.21. The molecule has 0 aliphatic carbocycles. The summed E-state index contributed by atoms with van der Waals surface area (Å²) in [4.78, 5) is 29.8. The molecule has 0 saturated carbocycles. The number of hydrogen-bond acceptors (Lipinski definition) is 3. The van der Waals surface area contributed by atoms with E-state index < -0.39 is 0 Å². The maximum absolute atomic E-state index is 13.4. The summed E-state index contributed by atoms with van der Waals surface area (Å²) in [5.74, 6) is -0.654. The van der Waals surface area contributed by atoms with E-state index in [1.54, 1.807) is 18.0 Å². The van der Waals surface area contributed by atoms with Gasteiger partial charge in [-0.1, -0.05) is 78.3 Å². The van der Waals surface area contributed by atoms with E-state index >= 15 is 0 Å². The van der Waals surface area contributed by atoms with Crippen molar-refractivity contribution < 1.29 is 9.59 Å². The molecule has 0 bridgehead atoms. The van der Waals surface area contributed by atoms with Crippen LogP contribution in [0.25, 0.3) is 5.57 Å². The number of para-hydroxylation sites is 1. The number of likely N-dealkylation sites (N-methyl/N-ethyl adjacent to an activating group) is 1. The Labute approximate surface area is 174 Å². The summed E-state index contributed by atoms with van der Waals surface area (Å²) in [5, 5.41) is 0.527. The molecular weight excluding hydrogens is 384 g/mol. The van der Waals surface area contributed by atoms with E-state index in [-0.39, 0.29) is 18.4 Å². The molecule has 3 aromatic carbocycles. The highest BCUT2D eigenvalue weighted by atomic mass is 35.5. The Kier molecular flexibility index (Phi) is 5.19. The molecule has 1 aliphatic heterocycles. The van der Waals surface area contributed by atoms with Crippen molar-refractivity contribution in [1.82, 2.24) is 4.90 Å². The fourth-order valence-corrected chi connectivity index (χ4v) is 3.66. The molecule has 0 saturated heterocycles. The van der Waals surface area contributed by atoms with Crippen LogP contribution in [0.5, 0.6) is 0 Å². The minimum atomic E-state index is -0.333. The number of anilines is 1. The van der Waals surface area contributed by atoms with Gasteiger partial charge in [0.2, 0.25) is 0 Å². The minimum absolute atomic E-state index is 0.125. The quantitative estimate of drug-likeness (QED) is 0.578. The van der Waals surface area contributed by atoms with Crippen molar-refractivity contribution in [3.8, 4) is 0 Å². The minimum Gasteiger partial charge on any atom is -0.339 e. The summed E-state index contributed by atoms with van der Waals surface area (Å²) < 4.78 is 0. The van der Waals surface area contributed by atoms with Gasteiger partial charge in [-0.2, -0.15) is 0 Å². The van der Waals surface area contributed by atoms with Crippen LogP contribution >= 0.6 is 11.6 Å². The van der Waals surface area contributed by atoms with Crippen molar-refractivity contribution in [2.75, 3.05) is 11.9 Å². The van der Waals surface area contributed by atoms with E-state index in [4.69, 9.17) is 11.6 Å². The largest absolute Gasteiger partial charge is 0.339 e. The molecule has 0 N–H and O–H groups in total. The topological polar surface area (TPSA) is 40.6 Å². The second kappa shape index (κ2) is 7.94. The van der Waals surface area contributed by atoms with E-state index in [2.05, 4.69) is 0 Å². The third-order valence-corrected chi connectivity index (χ3v) is 5.34. The summed E-state index contributed by atoms with van der Waals surface area (Å²) in [5.41, 5.74) is 3.03. The van der Waals surface area contributed by atoms with Crippen LogP contribution in [0.2, 0.25) is 5.02 Å². The Hall–Kier alpha value is -3.37. The molecule has 0 atom stereocenters. The van der Waals surface area contributed by atoms with Gasteiger partial charge in [-0.3, -0.25) is 14.5 Å². The maximum Gasteiger partial charge on any atom is 0.278 e. The van der Waals surface area contributed by atoms with E-state index in [1.165, 1.54) is 4.90 Å². The molecule has 0 unspecified atom stereocenters. The molecule has 29 heavy (non-hydrogen) atoms. The van der Waals surface area contributed by atoms with Crippen LogP contribution < -0.4 is 4.90 Å². The summed E-state index contributed by atoms with van der Waals surface area (Å²) in [6, 6.07) is 26.1. The highest BCUT2D eigenvalue weighted by Gasteiger charge is 2.41. The Bertz CT molecular complexity index is 1090. The third kappa shape index (κ3) is 3.55.